The Hall–Kier alpha value is -3.29. The number of fused-ring (bicyclic) bond motifs is 5. The largest absolute Gasteiger partial charge is 0.342 e. The number of aromatic nitrogens is 4. The fourth-order valence-corrected chi connectivity index (χ4v) is 4.81. The summed E-state index contributed by atoms with van der Waals surface area (Å²) in [5.41, 5.74) is 1.48. The molecule has 30 heavy (non-hydrogen) atoms. The number of carbonyl (C=O) groups excluding carboxylic acids is 1. The van der Waals surface area contributed by atoms with Gasteiger partial charge in [0.05, 0.1) is 5.39 Å². The third-order valence-electron chi connectivity index (χ3n) is 6.22. The van der Waals surface area contributed by atoms with E-state index >= 15 is 0 Å². The first-order valence-corrected chi connectivity index (χ1v) is 10.4. The zero-order chi connectivity index (χ0) is 20.7. The molecule has 1 fully saturated rings. The Bertz CT molecular complexity index is 1230. The predicted octanol–water partition coefficient (Wildman–Crippen LogP) is 1.38. The summed E-state index contributed by atoms with van der Waals surface area (Å²) in [5, 5.41) is 8.62. The van der Waals surface area contributed by atoms with Gasteiger partial charge in [0.15, 0.2) is 0 Å². The number of hydrogen-bond acceptors (Lipinski definition) is 5. The SMILES string of the molecule is O=C(CCCn1nnc2ccccc2c1=O)N1C[C@@H]2C[C@H](C1)c1cccc(=O)n1C2. The minimum atomic E-state index is -0.178. The highest BCUT2D eigenvalue weighted by Gasteiger charge is 2.35. The molecule has 1 saturated heterocycles. The topological polar surface area (TPSA) is 90.1 Å². The number of likely N-dealkylation sites (tertiary alicyclic amines) is 1. The van der Waals surface area contributed by atoms with E-state index in [1.807, 2.05) is 21.6 Å². The first-order chi connectivity index (χ1) is 14.6. The van der Waals surface area contributed by atoms with Gasteiger partial charge >= 0.3 is 0 Å². The second-order valence-corrected chi connectivity index (χ2v) is 8.24. The Balaban J connectivity index is 1.24. The van der Waals surface area contributed by atoms with Gasteiger partial charge in [0.2, 0.25) is 5.91 Å². The molecular weight excluding hydrogens is 382 g/mol. The zero-order valence-electron chi connectivity index (χ0n) is 16.6. The molecule has 0 N–H and O–H groups in total. The fraction of sp³-hybridized carbons (Fsp3) is 0.409. The average Bonchev–Trinajstić information content (AvgIpc) is 2.76. The molecule has 1 aromatic carbocycles. The number of amides is 1. The number of carbonyl (C=O) groups is 1. The minimum absolute atomic E-state index is 0.0453. The summed E-state index contributed by atoms with van der Waals surface area (Å²) in [5.74, 6) is 0.622. The third kappa shape index (κ3) is 3.32. The minimum Gasteiger partial charge on any atom is -0.342 e. The van der Waals surface area contributed by atoms with Gasteiger partial charge in [-0.05, 0) is 37.0 Å². The highest BCUT2D eigenvalue weighted by Crippen LogP contribution is 2.35. The van der Waals surface area contributed by atoms with Crippen molar-refractivity contribution in [3.8, 4) is 0 Å². The van der Waals surface area contributed by atoms with Crippen LogP contribution >= 0.6 is 0 Å². The lowest BCUT2D eigenvalue weighted by Gasteiger charge is -2.42. The Kier molecular flexibility index (Phi) is 4.69. The summed E-state index contributed by atoms with van der Waals surface area (Å²) in [6.45, 7) is 2.37. The number of aryl methyl sites for hydroxylation is 1. The molecule has 2 aliphatic heterocycles. The van der Waals surface area contributed by atoms with Crippen LogP contribution in [0.4, 0.5) is 0 Å². The van der Waals surface area contributed by atoms with Crippen LogP contribution in [0.1, 0.15) is 30.9 Å². The summed E-state index contributed by atoms with van der Waals surface area (Å²) in [6.07, 6.45) is 1.92. The standard InChI is InChI=1S/C22H23N5O3/c28-20(9-4-10-27-22(30)17-5-1-2-6-18(17)23-24-27)25-12-15-11-16(14-25)19-7-3-8-21(29)26(19)13-15/h1-3,5-8,15-16H,4,9-14H2/t15-,16+/m0/s1. The third-order valence-corrected chi connectivity index (χ3v) is 6.22. The molecule has 2 bridgehead atoms. The van der Waals surface area contributed by atoms with E-state index in [4.69, 9.17) is 0 Å². The van der Waals surface area contributed by atoms with Gasteiger partial charge in [0.1, 0.15) is 5.52 Å². The Morgan fingerprint density at radius 3 is 2.80 bits per heavy atom. The Morgan fingerprint density at radius 1 is 1.03 bits per heavy atom. The van der Waals surface area contributed by atoms with Crippen LogP contribution in [-0.2, 0) is 17.9 Å². The molecule has 8 heteroatoms. The van der Waals surface area contributed by atoms with E-state index in [9.17, 15) is 14.4 Å². The quantitative estimate of drug-likeness (QED) is 0.654. The van der Waals surface area contributed by atoms with Crippen molar-refractivity contribution in [2.24, 2.45) is 5.92 Å². The Labute approximate surface area is 172 Å². The van der Waals surface area contributed by atoms with Gasteiger partial charge in [-0.15, -0.1) is 5.10 Å². The number of nitrogens with zero attached hydrogens (tertiary/aromatic N) is 5. The molecule has 3 aromatic rings. The van der Waals surface area contributed by atoms with Crippen LogP contribution in [0.15, 0.2) is 52.1 Å². The van der Waals surface area contributed by atoms with Gasteiger partial charge in [-0.25, -0.2) is 4.68 Å². The molecule has 2 atom stereocenters. The zero-order valence-corrected chi connectivity index (χ0v) is 16.6. The fourth-order valence-electron chi connectivity index (χ4n) is 4.81. The van der Waals surface area contributed by atoms with Crippen LogP contribution in [0.2, 0.25) is 0 Å². The number of piperidine rings is 1. The van der Waals surface area contributed by atoms with Gasteiger partial charge in [-0.1, -0.05) is 23.4 Å². The van der Waals surface area contributed by atoms with E-state index in [0.29, 0.717) is 55.8 Å². The second kappa shape index (κ2) is 7.51. The molecule has 0 saturated carbocycles. The van der Waals surface area contributed by atoms with Gasteiger partial charge in [0, 0.05) is 50.3 Å². The van der Waals surface area contributed by atoms with Crippen LogP contribution in [-0.4, -0.2) is 43.5 Å². The Morgan fingerprint density at radius 2 is 1.90 bits per heavy atom. The van der Waals surface area contributed by atoms with Crippen molar-refractivity contribution in [3.05, 3.63) is 68.9 Å². The smallest absolute Gasteiger partial charge is 0.277 e. The first kappa shape index (κ1) is 18.7. The summed E-state index contributed by atoms with van der Waals surface area (Å²) < 4.78 is 3.20. The average molecular weight is 405 g/mol. The maximum atomic E-state index is 12.8. The highest BCUT2D eigenvalue weighted by atomic mass is 16.2. The highest BCUT2D eigenvalue weighted by molar-refractivity contribution is 5.77. The van der Waals surface area contributed by atoms with Crippen LogP contribution in [0.3, 0.4) is 0 Å². The summed E-state index contributed by atoms with van der Waals surface area (Å²) in [7, 11) is 0. The normalized spacial score (nSPS) is 20.2. The molecule has 0 spiro atoms. The summed E-state index contributed by atoms with van der Waals surface area (Å²) >= 11 is 0. The molecule has 154 valence electrons. The summed E-state index contributed by atoms with van der Waals surface area (Å²) in [4.78, 5) is 39.4. The first-order valence-electron chi connectivity index (χ1n) is 10.4. The number of benzene rings is 1. The van der Waals surface area contributed by atoms with Gasteiger partial charge in [-0.2, -0.15) is 0 Å². The number of pyridine rings is 1. The molecular formula is C22H23N5O3. The van der Waals surface area contributed by atoms with E-state index in [1.54, 1.807) is 30.3 Å². The van der Waals surface area contributed by atoms with E-state index in [-0.39, 0.29) is 22.9 Å². The lowest BCUT2D eigenvalue weighted by molar-refractivity contribution is -0.134. The molecule has 2 aromatic heterocycles. The van der Waals surface area contributed by atoms with Gasteiger partial charge in [-0.3, -0.25) is 14.4 Å². The van der Waals surface area contributed by atoms with Gasteiger partial charge < -0.3 is 9.47 Å². The van der Waals surface area contributed by atoms with Crippen molar-refractivity contribution in [1.82, 2.24) is 24.5 Å². The molecule has 4 heterocycles. The van der Waals surface area contributed by atoms with Crippen molar-refractivity contribution in [2.75, 3.05) is 13.1 Å². The molecule has 5 rings (SSSR count). The van der Waals surface area contributed by atoms with Crippen molar-refractivity contribution in [3.63, 3.8) is 0 Å². The maximum absolute atomic E-state index is 12.8. The molecule has 2 aliphatic rings. The lowest BCUT2D eigenvalue weighted by Crippen LogP contribution is -2.49. The van der Waals surface area contributed by atoms with E-state index in [1.165, 1.54) is 4.68 Å². The molecule has 1 amide bonds. The monoisotopic (exact) mass is 405 g/mol. The van der Waals surface area contributed by atoms with Crippen LogP contribution < -0.4 is 11.1 Å². The van der Waals surface area contributed by atoms with E-state index < -0.39 is 0 Å². The second-order valence-electron chi connectivity index (χ2n) is 8.24. The van der Waals surface area contributed by atoms with Crippen molar-refractivity contribution >= 4 is 16.8 Å². The van der Waals surface area contributed by atoms with Crippen LogP contribution in [0.5, 0.6) is 0 Å². The lowest BCUT2D eigenvalue weighted by atomic mass is 9.83. The number of hydrogen-bond donors (Lipinski definition) is 0. The predicted molar refractivity (Wildman–Crippen MR) is 111 cm³/mol. The van der Waals surface area contributed by atoms with E-state index in [2.05, 4.69) is 10.3 Å². The molecule has 0 unspecified atom stereocenters. The number of rotatable bonds is 4. The molecule has 8 nitrogen and oxygen atoms in total. The molecule has 0 radical (unpaired) electrons. The van der Waals surface area contributed by atoms with Crippen molar-refractivity contribution in [2.45, 2.75) is 38.3 Å². The van der Waals surface area contributed by atoms with Crippen molar-refractivity contribution in [1.29, 1.82) is 0 Å². The van der Waals surface area contributed by atoms with Crippen molar-refractivity contribution < 1.29 is 4.79 Å². The van der Waals surface area contributed by atoms with Gasteiger partial charge in [0.25, 0.3) is 11.1 Å². The molecule has 0 aliphatic carbocycles. The van der Waals surface area contributed by atoms with Crippen LogP contribution in [0, 0.1) is 5.92 Å². The maximum Gasteiger partial charge on any atom is 0.277 e. The van der Waals surface area contributed by atoms with Crippen LogP contribution in [0.25, 0.3) is 10.9 Å². The summed E-state index contributed by atoms with van der Waals surface area (Å²) in [6, 6.07) is 12.5. The van der Waals surface area contributed by atoms with E-state index in [0.717, 1.165) is 12.1 Å².